The summed E-state index contributed by atoms with van der Waals surface area (Å²) in [6, 6.07) is 5.90. The summed E-state index contributed by atoms with van der Waals surface area (Å²) < 4.78 is 28.7. The fraction of sp³-hybridized carbons (Fsp3) is 0.391. The number of hydrogen-bond donors (Lipinski definition) is 3. The Kier molecular flexibility index (Phi) is 5.32. The topological polar surface area (TPSA) is 78.0 Å². The van der Waals surface area contributed by atoms with Crippen molar-refractivity contribution in [3.63, 3.8) is 0 Å². The third kappa shape index (κ3) is 3.94. The van der Waals surface area contributed by atoms with Crippen molar-refractivity contribution >= 4 is 16.8 Å². The monoisotopic (exact) mass is 413 g/mol. The lowest BCUT2D eigenvalue weighted by molar-refractivity contribution is -0.00257. The van der Waals surface area contributed by atoms with Crippen molar-refractivity contribution in [2.75, 3.05) is 0 Å². The molecule has 0 unspecified atom stereocenters. The van der Waals surface area contributed by atoms with Crippen molar-refractivity contribution in [2.45, 2.75) is 51.2 Å². The molecule has 7 heteroatoms. The molecular formula is C23H25F2N3O2. The van der Waals surface area contributed by atoms with Crippen LogP contribution in [0.1, 0.15) is 49.9 Å². The van der Waals surface area contributed by atoms with Crippen LogP contribution in [-0.2, 0) is 0 Å². The van der Waals surface area contributed by atoms with Crippen LogP contribution in [0.2, 0.25) is 0 Å². The second kappa shape index (κ2) is 7.80. The first-order chi connectivity index (χ1) is 14.2. The second-order valence-electron chi connectivity index (χ2n) is 8.59. The van der Waals surface area contributed by atoms with Crippen molar-refractivity contribution in [2.24, 2.45) is 5.92 Å². The van der Waals surface area contributed by atoms with E-state index in [1.807, 2.05) is 13.8 Å². The van der Waals surface area contributed by atoms with Gasteiger partial charge in [-0.05, 0) is 69.7 Å². The van der Waals surface area contributed by atoms with E-state index in [1.165, 1.54) is 12.1 Å². The van der Waals surface area contributed by atoms with Crippen molar-refractivity contribution < 1.29 is 18.7 Å². The maximum atomic E-state index is 14.8. The Balaban J connectivity index is 1.49. The number of H-pyrrole nitrogens is 1. The summed E-state index contributed by atoms with van der Waals surface area (Å²) in [7, 11) is 0. The van der Waals surface area contributed by atoms with Crippen LogP contribution >= 0.6 is 0 Å². The van der Waals surface area contributed by atoms with E-state index in [4.69, 9.17) is 0 Å². The maximum absolute atomic E-state index is 14.8. The molecule has 0 aliphatic heterocycles. The molecule has 1 aromatic carbocycles. The fourth-order valence-corrected chi connectivity index (χ4v) is 4.30. The smallest absolute Gasteiger partial charge is 0.251 e. The molecule has 158 valence electrons. The zero-order valence-electron chi connectivity index (χ0n) is 17.0. The van der Waals surface area contributed by atoms with Gasteiger partial charge in [0, 0.05) is 28.8 Å². The first-order valence-electron chi connectivity index (χ1n) is 10.2. The van der Waals surface area contributed by atoms with E-state index in [-0.39, 0.29) is 34.5 Å². The number of aliphatic hydroxyl groups is 1. The molecule has 0 spiro atoms. The molecule has 1 saturated carbocycles. The van der Waals surface area contributed by atoms with Crippen LogP contribution in [0.5, 0.6) is 0 Å². The number of pyridine rings is 1. The number of nitrogens with zero attached hydrogens (tertiary/aromatic N) is 1. The van der Waals surface area contributed by atoms with Crippen LogP contribution in [0.3, 0.4) is 0 Å². The molecule has 3 aromatic rings. The van der Waals surface area contributed by atoms with Gasteiger partial charge in [0.25, 0.3) is 5.91 Å². The third-order valence-electron chi connectivity index (χ3n) is 6.10. The normalized spacial score (nSPS) is 19.8. The number of fused-ring (bicyclic) bond motifs is 1. The van der Waals surface area contributed by atoms with Crippen molar-refractivity contribution in [1.82, 2.24) is 15.3 Å². The molecule has 30 heavy (non-hydrogen) atoms. The van der Waals surface area contributed by atoms with Crippen LogP contribution in [0.25, 0.3) is 22.2 Å². The molecule has 1 aliphatic rings. The highest BCUT2D eigenvalue weighted by Crippen LogP contribution is 2.33. The molecule has 4 rings (SSSR count). The van der Waals surface area contributed by atoms with E-state index in [2.05, 4.69) is 15.3 Å². The van der Waals surface area contributed by atoms with Gasteiger partial charge in [-0.3, -0.25) is 9.78 Å². The Bertz CT molecular complexity index is 1080. The van der Waals surface area contributed by atoms with Crippen LogP contribution in [0, 0.1) is 17.6 Å². The Hall–Kier alpha value is -2.80. The standard InChI is InChI=1S/C23H25F2N3O2/c1-23(2,30)14-4-6-15(7-5-14)28-22(29)13-3-8-16(18(24)11-13)20-17-9-10-26-21(17)19(25)12-27-20/h3,8-12,14-15,26,30H,4-7H2,1-2H3,(H,28,29)/t14-,15-. The van der Waals surface area contributed by atoms with E-state index in [1.54, 1.807) is 18.3 Å². The fourth-order valence-electron chi connectivity index (χ4n) is 4.30. The van der Waals surface area contributed by atoms with Crippen LogP contribution in [-0.4, -0.2) is 32.6 Å². The quantitative estimate of drug-likeness (QED) is 0.586. The first-order valence-corrected chi connectivity index (χ1v) is 10.2. The molecule has 1 amide bonds. The summed E-state index contributed by atoms with van der Waals surface area (Å²) in [6.45, 7) is 3.64. The molecule has 1 aliphatic carbocycles. The van der Waals surface area contributed by atoms with Gasteiger partial charge in [0.05, 0.1) is 23.0 Å². The average Bonchev–Trinajstić information content (AvgIpc) is 3.19. The SMILES string of the molecule is CC(C)(O)[C@H]1CC[C@H](NC(=O)c2ccc(-c3ncc(F)c4[nH]ccc34)c(F)c2)CC1. The summed E-state index contributed by atoms with van der Waals surface area (Å²) in [5.41, 5.74) is 0.313. The Morgan fingerprint density at radius 2 is 1.90 bits per heavy atom. The molecule has 0 saturated heterocycles. The first kappa shape index (κ1) is 20.5. The predicted octanol–water partition coefficient (Wildman–Crippen LogP) is 4.57. The Morgan fingerprint density at radius 1 is 1.17 bits per heavy atom. The Morgan fingerprint density at radius 3 is 2.57 bits per heavy atom. The number of amides is 1. The molecule has 2 heterocycles. The zero-order chi connectivity index (χ0) is 21.5. The number of hydrogen-bond acceptors (Lipinski definition) is 3. The summed E-state index contributed by atoms with van der Waals surface area (Å²) in [5.74, 6) is -1.20. The minimum Gasteiger partial charge on any atom is -0.390 e. The molecule has 0 atom stereocenters. The number of aromatic nitrogens is 2. The lowest BCUT2D eigenvalue weighted by atomic mass is 9.77. The number of halogens is 2. The number of benzene rings is 1. The number of carbonyl (C=O) groups is 1. The highest BCUT2D eigenvalue weighted by atomic mass is 19.1. The maximum Gasteiger partial charge on any atom is 0.251 e. The largest absolute Gasteiger partial charge is 0.390 e. The van der Waals surface area contributed by atoms with Gasteiger partial charge in [-0.15, -0.1) is 0 Å². The lowest BCUT2D eigenvalue weighted by Crippen LogP contribution is -2.41. The second-order valence-corrected chi connectivity index (χ2v) is 8.59. The van der Waals surface area contributed by atoms with Crippen LogP contribution < -0.4 is 5.32 Å². The van der Waals surface area contributed by atoms with E-state index < -0.39 is 17.2 Å². The predicted molar refractivity (Wildman–Crippen MR) is 111 cm³/mol. The average molecular weight is 413 g/mol. The Labute approximate surface area is 173 Å². The minimum atomic E-state index is -0.715. The minimum absolute atomic E-state index is 0.0112. The number of aromatic amines is 1. The zero-order valence-corrected chi connectivity index (χ0v) is 17.0. The third-order valence-corrected chi connectivity index (χ3v) is 6.10. The summed E-state index contributed by atoms with van der Waals surface area (Å²) >= 11 is 0. The van der Waals surface area contributed by atoms with E-state index in [0.29, 0.717) is 11.1 Å². The molecular weight excluding hydrogens is 388 g/mol. The van der Waals surface area contributed by atoms with E-state index >= 15 is 0 Å². The van der Waals surface area contributed by atoms with Gasteiger partial charge in [0.1, 0.15) is 5.82 Å². The molecule has 5 nitrogen and oxygen atoms in total. The molecule has 3 N–H and O–H groups in total. The molecule has 2 aromatic heterocycles. The van der Waals surface area contributed by atoms with Crippen molar-refractivity contribution in [3.05, 3.63) is 53.9 Å². The van der Waals surface area contributed by atoms with Gasteiger partial charge in [-0.25, -0.2) is 8.78 Å². The number of rotatable bonds is 4. The van der Waals surface area contributed by atoms with Gasteiger partial charge in [0.2, 0.25) is 0 Å². The summed E-state index contributed by atoms with van der Waals surface area (Å²) in [6.07, 6.45) is 5.87. The molecule has 0 bridgehead atoms. The van der Waals surface area contributed by atoms with Crippen molar-refractivity contribution in [1.29, 1.82) is 0 Å². The lowest BCUT2D eigenvalue weighted by Gasteiger charge is -2.36. The highest BCUT2D eigenvalue weighted by Gasteiger charge is 2.31. The van der Waals surface area contributed by atoms with Gasteiger partial charge >= 0.3 is 0 Å². The van der Waals surface area contributed by atoms with Crippen molar-refractivity contribution in [3.8, 4) is 11.3 Å². The van der Waals surface area contributed by atoms with E-state index in [9.17, 15) is 18.7 Å². The number of carbonyl (C=O) groups excluding carboxylic acids is 1. The summed E-state index contributed by atoms with van der Waals surface area (Å²) in [4.78, 5) is 19.4. The summed E-state index contributed by atoms with van der Waals surface area (Å²) in [5, 5.41) is 13.6. The molecule has 1 fully saturated rings. The van der Waals surface area contributed by atoms with Crippen LogP contribution in [0.15, 0.2) is 36.7 Å². The van der Waals surface area contributed by atoms with Gasteiger partial charge in [-0.2, -0.15) is 0 Å². The number of nitrogens with one attached hydrogen (secondary N) is 2. The van der Waals surface area contributed by atoms with Gasteiger partial charge in [-0.1, -0.05) is 0 Å². The molecule has 0 radical (unpaired) electrons. The van der Waals surface area contributed by atoms with Gasteiger partial charge in [0.15, 0.2) is 5.82 Å². The van der Waals surface area contributed by atoms with Gasteiger partial charge < -0.3 is 15.4 Å². The van der Waals surface area contributed by atoms with Crippen LogP contribution in [0.4, 0.5) is 8.78 Å². The van der Waals surface area contributed by atoms with E-state index in [0.717, 1.165) is 31.9 Å². The highest BCUT2D eigenvalue weighted by molar-refractivity contribution is 5.96.